The number of fused-ring (bicyclic) bond motifs is 2. The van der Waals surface area contributed by atoms with Gasteiger partial charge in [-0.2, -0.15) is 15.2 Å². The van der Waals surface area contributed by atoms with Crippen LogP contribution < -0.4 is 9.64 Å². The Kier molecular flexibility index (Phi) is 11.1. The first-order chi connectivity index (χ1) is 20.4. The van der Waals surface area contributed by atoms with Crippen molar-refractivity contribution < 1.29 is 9.53 Å². The van der Waals surface area contributed by atoms with E-state index in [2.05, 4.69) is 51.5 Å². The summed E-state index contributed by atoms with van der Waals surface area (Å²) in [5.74, 6) is 0.868. The minimum Gasteiger partial charge on any atom is -0.467 e. The van der Waals surface area contributed by atoms with Crippen molar-refractivity contribution in [2.24, 2.45) is 0 Å². The highest BCUT2D eigenvalue weighted by Gasteiger charge is 2.30. The Morgan fingerprint density at radius 3 is 2.38 bits per heavy atom. The highest BCUT2D eigenvalue weighted by molar-refractivity contribution is 6.32. The highest BCUT2D eigenvalue weighted by Crippen LogP contribution is 2.34. The van der Waals surface area contributed by atoms with Crippen LogP contribution >= 0.6 is 11.6 Å². The normalized spacial score (nSPS) is 16.5. The molecule has 0 atom stereocenters. The number of benzene rings is 2. The van der Waals surface area contributed by atoms with E-state index in [0.29, 0.717) is 38.7 Å². The van der Waals surface area contributed by atoms with Crippen molar-refractivity contribution in [3.63, 3.8) is 0 Å². The molecule has 1 aromatic heterocycles. The smallest absolute Gasteiger partial charge is 0.318 e. The Balaban J connectivity index is 0.000000390. The molecule has 2 aromatic carbocycles. The quantitative estimate of drug-likeness (QED) is 0.389. The van der Waals surface area contributed by atoms with E-state index in [1.807, 2.05) is 23.1 Å². The molecule has 2 fully saturated rings. The molecule has 3 aliphatic rings. The van der Waals surface area contributed by atoms with E-state index in [1.54, 1.807) is 13.2 Å². The SMILES string of the molecule is C=CC(=O)N1CCN(c2nc(OC)nc3c2CN(Cc2c(Cl)ccc4ccccc24)C3)CC1.CC#N.CN1CCCC1. The molecule has 0 radical (unpaired) electrons. The van der Waals surface area contributed by atoms with Crippen LogP contribution in [0.5, 0.6) is 6.01 Å². The number of nitriles is 1. The zero-order valence-corrected chi connectivity index (χ0v) is 25.6. The van der Waals surface area contributed by atoms with E-state index in [9.17, 15) is 4.79 Å². The van der Waals surface area contributed by atoms with Gasteiger partial charge in [0, 0.05) is 63.3 Å². The number of carbonyl (C=O) groups is 1. The molecule has 3 aromatic rings. The van der Waals surface area contributed by atoms with Gasteiger partial charge in [0.25, 0.3) is 0 Å². The Bertz CT molecular complexity index is 1430. The summed E-state index contributed by atoms with van der Waals surface area (Å²) in [6, 6.07) is 14.5. The maximum Gasteiger partial charge on any atom is 0.318 e. The van der Waals surface area contributed by atoms with Crippen molar-refractivity contribution in [3.8, 4) is 12.1 Å². The van der Waals surface area contributed by atoms with Crippen molar-refractivity contribution in [2.75, 3.05) is 58.3 Å². The van der Waals surface area contributed by atoms with E-state index < -0.39 is 0 Å². The highest BCUT2D eigenvalue weighted by atomic mass is 35.5. The largest absolute Gasteiger partial charge is 0.467 e. The minimum absolute atomic E-state index is 0.0294. The monoisotopic (exact) mass is 589 g/mol. The summed E-state index contributed by atoms with van der Waals surface area (Å²) in [5, 5.41) is 10.5. The molecule has 0 spiro atoms. The summed E-state index contributed by atoms with van der Waals surface area (Å²) in [6.07, 6.45) is 4.20. The molecule has 0 saturated carbocycles. The number of hydrogen-bond acceptors (Lipinski definition) is 8. The molecule has 1 amide bonds. The number of amides is 1. The van der Waals surface area contributed by atoms with Crippen LogP contribution in [0.2, 0.25) is 5.02 Å². The van der Waals surface area contributed by atoms with Crippen molar-refractivity contribution >= 4 is 34.1 Å². The molecule has 3 aliphatic heterocycles. The van der Waals surface area contributed by atoms with Gasteiger partial charge in [-0.15, -0.1) is 0 Å². The lowest BCUT2D eigenvalue weighted by Gasteiger charge is -2.35. The maximum atomic E-state index is 12.0. The Morgan fingerprint density at radius 1 is 1.07 bits per heavy atom. The fourth-order valence-electron chi connectivity index (χ4n) is 5.58. The first-order valence-corrected chi connectivity index (χ1v) is 14.7. The lowest BCUT2D eigenvalue weighted by atomic mass is 10.0. The second kappa shape index (κ2) is 15.0. The molecule has 0 bridgehead atoms. The van der Waals surface area contributed by atoms with Gasteiger partial charge < -0.3 is 19.4 Å². The van der Waals surface area contributed by atoms with Gasteiger partial charge in [-0.3, -0.25) is 9.69 Å². The number of halogens is 1. The number of nitrogens with zero attached hydrogens (tertiary/aromatic N) is 7. The molecule has 0 aliphatic carbocycles. The van der Waals surface area contributed by atoms with Crippen molar-refractivity contribution in [1.29, 1.82) is 5.26 Å². The second-order valence-electron chi connectivity index (χ2n) is 10.6. The number of methoxy groups -OCH3 is 1. The molecule has 2 saturated heterocycles. The topological polar surface area (TPSA) is 88.8 Å². The lowest BCUT2D eigenvalue weighted by molar-refractivity contribution is -0.126. The fraction of sp³-hybridized carbons (Fsp3) is 0.438. The van der Waals surface area contributed by atoms with Crippen LogP contribution in [0.15, 0.2) is 49.1 Å². The predicted octanol–water partition coefficient (Wildman–Crippen LogP) is 4.88. The zero-order chi connectivity index (χ0) is 30.1. The third-order valence-corrected chi connectivity index (χ3v) is 8.10. The number of piperazine rings is 1. The van der Waals surface area contributed by atoms with Crippen LogP contribution in [0.3, 0.4) is 0 Å². The Labute approximate surface area is 253 Å². The summed E-state index contributed by atoms with van der Waals surface area (Å²) in [4.78, 5) is 30.1. The van der Waals surface area contributed by atoms with Crippen molar-refractivity contribution in [1.82, 2.24) is 24.7 Å². The average Bonchev–Trinajstić information content (AvgIpc) is 3.67. The summed E-state index contributed by atoms with van der Waals surface area (Å²) in [5.41, 5.74) is 3.23. The zero-order valence-electron chi connectivity index (χ0n) is 24.9. The van der Waals surface area contributed by atoms with Crippen LogP contribution in [-0.4, -0.2) is 84.0 Å². The summed E-state index contributed by atoms with van der Waals surface area (Å²) >= 11 is 6.62. The average molecular weight is 590 g/mol. The molecular formula is C32H40ClN7O2. The number of likely N-dealkylation sites (tertiary alicyclic amines) is 1. The van der Waals surface area contributed by atoms with Crippen LogP contribution in [0, 0.1) is 11.3 Å². The van der Waals surface area contributed by atoms with Gasteiger partial charge in [-0.25, -0.2) is 0 Å². The third-order valence-electron chi connectivity index (χ3n) is 7.75. The van der Waals surface area contributed by atoms with E-state index >= 15 is 0 Å². The minimum atomic E-state index is -0.0294. The Hall–Kier alpha value is -3.71. The standard InChI is InChI=1S/C25H26ClN5O2.C5H11N.C2H3N/c1-3-23(32)30-10-12-31(13-11-30)24-20-15-29(16-22(20)27-25(28-24)33-2)14-19-18-7-5-4-6-17(18)8-9-21(19)26;1-6-4-2-3-5-6;1-2-3/h3-9H,1,10-16H2,2H3;2-5H2,1H3;1H3. The van der Waals surface area contributed by atoms with E-state index in [4.69, 9.17) is 26.6 Å². The first-order valence-electron chi connectivity index (χ1n) is 14.4. The molecule has 0 unspecified atom stereocenters. The van der Waals surface area contributed by atoms with Crippen molar-refractivity contribution in [3.05, 3.63) is 70.9 Å². The maximum absolute atomic E-state index is 12.0. The molecular weight excluding hydrogens is 550 g/mol. The van der Waals surface area contributed by atoms with E-state index in [-0.39, 0.29) is 5.91 Å². The van der Waals surface area contributed by atoms with Gasteiger partial charge >= 0.3 is 6.01 Å². The Morgan fingerprint density at radius 2 is 1.76 bits per heavy atom. The molecule has 6 rings (SSSR count). The molecule has 222 valence electrons. The first kappa shape index (κ1) is 31.2. The van der Waals surface area contributed by atoms with Gasteiger partial charge in [-0.05, 0) is 61.5 Å². The van der Waals surface area contributed by atoms with Gasteiger partial charge in [0.05, 0.1) is 18.9 Å². The number of anilines is 1. The number of carbonyl (C=O) groups excluding carboxylic acids is 1. The number of rotatable bonds is 5. The summed E-state index contributed by atoms with van der Waals surface area (Å²) < 4.78 is 5.41. The van der Waals surface area contributed by atoms with Crippen LogP contribution in [0.1, 0.15) is 36.6 Å². The number of hydrogen-bond donors (Lipinski definition) is 0. The van der Waals surface area contributed by atoms with Crippen molar-refractivity contribution in [2.45, 2.75) is 39.4 Å². The molecule has 0 N–H and O–H groups in total. The molecule has 10 heteroatoms. The van der Waals surface area contributed by atoms with E-state index in [1.165, 1.54) is 49.7 Å². The number of ether oxygens (including phenoxy) is 1. The van der Waals surface area contributed by atoms with Crippen LogP contribution in [0.25, 0.3) is 10.8 Å². The molecule has 9 nitrogen and oxygen atoms in total. The van der Waals surface area contributed by atoms with Crippen LogP contribution in [-0.2, 0) is 24.4 Å². The van der Waals surface area contributed by atoms with E-state index in [0.717, 1.165) is 40.8 Å². The lowest BCUT2D eigenvalue weighted by Crippen LogP contribution is -2.48. The summed E-state index contributed by atoms with van der Waals surface area (Å²) in [6.45, 7) is 12.5. The predicted molar refractivity (Wildman–Crippen MR) is 168 cm³/mol. The molecule has 4 heterocycles. The van der Waals surface area contributed by atoms with Gasteiger partial charge in [0.15, 0.2) is 0 Å². The number of aromatic nitrogens is 2. The van der Waals surface area contributed by atoms with Crippen LogP contribution in [0.4, 0.5) is 5.82 Å². The van der Waals surface area contributed by atoms with Gasteiger partial charge in [-0.1, -0.05) is 48.5 Å². The summed E-state index contributed by atoms with van der Waals surface area (Å²) in [7, 11) is 3.77. The van der Waals surface area contributed by atoms with Gasteiger partial charge in [0.2, 0.25) is 5.91 Å². The molecule has 42 heavy (non-hydrogen) atoms. The second-order valence-corrected chi connectivity index (χ2v) is 11.0. The van der Waals surface area contributed by atoms with Gasteiger partial charge in [0.1, 0.15) is 5.82 Å². The third kappa shape index (κ3) is 7.57. The fourth-order valence-corrected chi connectivity index (χ4v) is 5.80.